The molecule has 24 heavy (non-hydrogen) atoms. The van der Waals surface area contributed by atoms with Crippen molar-refractivity contribution in [1.82, 2.24) is 4.90 Å². The van der Waals surface area contributed by atoms with Crippen molar-refractivity contribution in [1.29, 1.82) is 0 Å². The van der Waals surface area contributed by atoms with Crippen molar-refractivity contribution in [3.05, 3.63) is 64.1 Å². The highest BCUT2D eigenvalue weighted by Gasteiger charge is 2.21. The van der Waals surface area contributed by atoms with E-state index in [1.54, 1.807) is 0 Å². The Morgan fingerprint density at radius 3 is 2.29 bits per heavy atom. The number of halogens is 1. The van der Waals surface area contributed by atoms with Gasteiger partial charge in [0.2, 0.25) is 5.91 Å². The normalized spacial score (nSPS) is 14.8. The van der Waals surface area contributed by atoms with Crippen LogP contribution in [0.3, 0.4) is 0 Å². The summed E-state index contributed by atoms with van der Waals surface area (Å²) >= 11 is 3.52. The second-order valence-electron chi connectivity index (χ2n) is 6.16. The fourth-order valence-corrected chi connectivity index (χ4v) is 3.50. The zero-order chi connectivity index (χ0) is 16.9. The molecular formula is C20H23BrN2O. The number of amides is 1. The van der Waals surface area contributed by atoms with Crippen LogP contribution in [0.4, 0.5) is 5.69 Å². The Kier molecular flexibility index (Phi) is 5.56. The lowest BCUT2D eigenvalue weighted by Gasteiger charge is -2.36. The van der Waals surface area contributed by atoms with E-state index in [2.05, 4.69) is 52.0 Å². The second kappa shape index (κ2) is 7.84. The Balaban J connectivity index is 1.56. The Hall–Kier alpha value is -1.81. The molecule has 1 amide bonds. The fourth-order valence-electron chi connectivity index (χ4n) is 3.07. The summed E-state index contributed by atoms with van der Waals surface area (Å²) in [6.07, 6.45) is 1.53. The van der Waals surface area contributed by atoms with Gasteiger partial charge < -0.3 is 9.80 Å². The fraction of sp³-hybridized carbons (Fsp3) is 0.350. The van der Waals surface area contributed by atoms with Gasteiger partial charge in [0.1, 0.15) is 0 Å². The van der Waals surface area contributed by atoms with Crippen LogP contribution < -0.4 is 4.90 Å². The molecule has 1 aliphatic rings. The van der Waals surface area contributed by atoms with Crippen LogP contribution in [0.15, 0.2) is 53.0 Å². The quantitative estimate of drug-likeness (QED) is 0.795. The van der Waals surface area contributed by atoms with Crippen LogP contribution in [0.1, 0.15) is 18.1 Å². The Labute approximate surface area is 152 Å². The van der Waals surface area contributed by atoms with Gasteiger partial charge in [0.15, 0.2) is 0 Å². The molecule has 3 rings (SSSR count). The average Bonchev–Trinajstić information content (AvgIpc) is 2.64. The first-order chi connectivity index (χ1) is 11.7. The lowest BCUT2D eigenvalue weighted by molar-refractivity contribution is -0.130. The third-order valence-electron chi connectivity index (χ3n) is 4.64. The topological polar surface area (TPSA) is 23.6 Å². The number of carbonyl (C=O) groups excluding carboxylic acids is 1. The lowest BCUT2D eigenvalue weighted by Crippen LogP contribution is -2.49. The molecule has 4 heteroatoms. The summed E-state index contributed by atoms with van der Waals surface area (Å²) in [6.45, 7) is 5.54. The summed E-state index contributed by atoms with van der Waals surface area (Å²) in [5.41, 5.74) is 3.67. The molecule has 2 aromatic carbocycles. The number of hydrogen-bond acceptors (Lipinski definition) is 2. The molecule has 0 bridgehead atoms. The second-order valence-corrected chi connectivity index (χ2v) is 7.01. The first-order valence-electron chi connectivity index (χ1n) is 8.52. The number of piperazine rings is 1. The van der Waals surface area contributed by atoms with Gasteiger partial charge >= 0.3 is 0 Å². The molecule has 2 aromatic rings. The van der Waals surface area contributed by atoms with Gasteiger partial charge in [-0.3, -0.25) is 4.79 Å². The molecule has 0 spiro atoms. The van der Waals surface area contributed by atoms with E-state index in [-0.39, 0.29) is 5.91 Å². The maximum absolute atomic E-state index is 12.5. The number of nitrogens with zero attached hydrogens (tertiary/aromatic N) is 2. The minimum absolute atomic E-state index is 0.211. The van der Waals surface area contributed by atoms with Crippen molar-refractivity contribution in [2.24, 2.45) is 0 Å². The molecule has 1 aliphatic heterocycles. The number of benzene rings is 2. The third kappa shape index (κ3) is 3.99. The monoisotopic (exact) mass is 386 g/mol. The lowest BCUT2D eigenvalue weighted by atomic mass is 10.1. The number of hydrogen-bond donors (Lipinski definition) is 0. The van der Waals surface area contributed by atoms with Crippen LogP contribution >= 0.6 is 15.9 Å². The van der Waals surface area contributed by atoms with Crippen molar-refractivity contribution in [3.8, 4) is 0 Å². The minimum Gasteiger partial charge on any atom is -0.368 e. The van der Waals surface area contributed by atoms with Gasteiger partial charge in [-0.25, -0.2) is 0 Å². The largest absolute Gasteiger partial charge is 0.368 e. The number of carbonyl (C=O) groups is 1. The smallest absolute Gasteiger partial charge is 0.227 e. The zero-order valence-corrected chi connectivity index (χ0v) is 15.6. The number of aryl methyl sites for hydroxylation is 1. The van der Waals surface area contributed by atoms with Crippen molar-refractivity contribution in [2.75, 3.05) is 31.1 Å². The van der Waals surface area contributed by atoms with Gasteiger partial charge in [-0.2, -0.15) is 0 Å². The molecule has 1 saturated heterocycles. The zero-order valence-electron chi connectivity index (χ0n) is 14.0. The van der Waals surface area contributed by atoms with Gasteiger partial charge in [0.25, 0.3) is 0 Å². The van der Waals surface area contributed by atoms with E-state index in [4.69, 9.17) is 0 Å². The van der Waals surface area contributed by atoms with Crippen molar-refractivity contribution in [2.45, 2.75) is 19.8 Å². The predicted octanol–water partition coefficient (Wildman–Crippen LogP) is 3.90. The van der Waals surface area contributed by atoms with E-state index in [1.807, 2.05) is 29.2 Å². The van der Waals surface area contributed by atoms with Crippen LogP contribution in [0.5, 0.6) is 0 Å². The summed E-state index contributed by atoms with van der Waals surface area (Å²) in [4.78, 5) is 16.9. The summed E-state index contributed by atoms with van der Waals surface area (Å²) in [6, 6.07) is 16.7. The van der Waals surface area contributed by atoms with Gasteiger partial charge in [-0.05, 0) is 35.7 Å². The van der Waals surface area contributed by atoms with Crippen molar-refractivity contribution in [3.63, 3.8) is 0 Å². The molecule has 1 fully saturated rings. The third-order valence-corrected chi connectivity index (χ3v) is 5.42. The molecule has 3 nitrogen and oxygen atoms in total. The molecule has 0 unspecified atom stereocenters. The first kappa shape index (κ1) is 17.0. The van der Waals surface area contributed by atoms with Crippen LogP contribution in [0, 0.1) is 0 Å². The highest BCUT2D eigenvalue weighted by atomic mass is 79.9. The molecule has 0 N–H and O–H groups in total. The van der Waals surface area contributed by atoms with Gasteiger partial charge in [0.05, 0.1) is 6.42 Å². The molecule has 0 aliphatic carbocycles. The van der Waals surface area contributed by atoms with E-state index in [0.29, 0.717) is 6.42 Å². The maximum atomic E-state index is 12.5. The Bertz CT molecular complexity index is 691. The highest BCUT2D eigenvalue weighted by molar-refractivity contribution is 9.10. The molecule has 0 radical (unpaired) electrons. The van der Waals surface area contributed by atoms with E-state index in [9.17, 15) is 4.79 Å². The summed E-state index contributed by atoms with van der Waals surface area (Å²) in [5, 5.41) is 0. The molecule has 0 aromatic heterocycles. The van der Waals surface area contributed by atoms with Crippen LogP contribution in [0.25, 0.3) is 0 Å². The summed E-state index contributed by atoms with van der Waals surface area (Å²) < 4.78 is 1.01. The standard InChI is InChI=1S/C20H23BrN2O/c1-2-16-7-9-18(10-8-16)22-11-13-23(14-12-22)20(24)15-17-5-3-4-6-19(17)21/h3-10H,2,11-15H2,1H3. The number of rotatable bonds is 4. The molecule has 0 atom stereocenters. The summed E-state index contributed by atoms with van der Waals surface area (Å²) in [7, 11) is 0. The summed E-state index contributed by atoms with van der Waals surface area (Å²) in [5.74, 6) is 0.211. The molecule has 126 valence electrons. The van der Waals surface area contributed by atoms with E-state index < -0.39 is 0 Å². The van der Waals surface area contributed by atoms with Gasteiger partial charge in [-0.1, -0.05) is 53.2 Å². The SMILES string of the molecule is CCc1ccc(N2CCN(C(=O)Cc3ccccc3Br)CC2)cc1. The average molecular weight is 387 g/mol. The van der Waals surface area contributed by atoms with Crippen molar-refractivity contribution >= 4 is 27.5 Å². The predicted molar refractivity (Wildman–Crippen MR) is 102 cm³/mol. The molecule has 1 heterocycles. The van der Waals surface area contributed by atoms with E-state index in [1.165, 1.54) is 11.3 Å². The van der Waals surface area contributed by atoms with Crippen LogP contribution in [-0.4, -0.2) is 37.0 Å². The van der Waals surface area contributed by atoms with Crippen LogP contribution in [0.2, 0.25) is 0 Å². The Morgan fingerprint density at radius 2 is 1.67 bits per heavy atom. The van der Waals surface area contributed by atoms with Crippen molar-refractivity contribution < 1.29 is 4.79 Å². The highest BCUT2D eigenvalue weighted by Crippen LogP contribution is 2.20. The molecule has 0 saturated carbocycles. The van der Waals surface area contributed by atoms with E-state index in [0.717, 1.165) is 42.6 Å². The minimum atomic E-state index is 0.211. The number of anilines is 1. The maximum Gasteiger partial charge on any atom is 0.227 e. The van der Waals surface area contributed by atoms with E-state index >= 15 is 0 Å². The van der Waals surface area contributed by atoms with Gasteiger partial charge in [-0.15, -0.1) is 0 Å². The molecular weight excluding hydrogens is 364 g/mol. The van der Waals surface area contributed by atoms with Gasteiger partial charge in [0, 0.05) is 36.3 Å². The first-order valence-corrected chi connectivity index (χ1v) is 9.31. The van der Waals surface area contributed by atoms with Crippen LogP contribution in [-0.2, 0) is 17.6 Å². The Morgan fingerprint density at radius 1 is 1.00 bits per heavy atom.